The van der Waals surface area contributed by atoms with E-state index < -0.39 is 0 Å². The summed E-state index contributed by atoms with van der Waals surface area (Å²) in [5.74, 6) is 0. The van der Waals surface area contributed by atoms with E-state index in [-0.39, 0.29) is 6.04 Å². The smallest absolute Gasteiger partial charge is 0.0837 e. The zero-order valence-corrected chi connectivity index (χ0v) is 13.9. The third-order valence-corrected chi connectivity index (χ3v) is 3.95. The summed E-state index contributed by atoms with van der Waals surface area (Å²) in [5.41, 5.74) is 3.50. The van der Waals surface area contributed by atoms with Crippen LogP contribution in [0, 0.1) is 6.92 Å². The lowest BCUT2D eigenvalue weighted by atomic mass is 9.99. The molecule has 0 saturated heterocycles. The average molecular weight is 307 g/mol. The maximum atomic E-state index is 6.40. The molecule has 0 aliphatic heterocycles. The van der Waals surface area contributed by atoms with Gasteiger partial charge in [-0.05, 0) is 39.2 Å². The molecule has 0 fully saturated rings. The Morgan fingerprint density at radius 2 is 2.05 bits per heavy atom. The second kappa shape index (κ2) is 7.07. The minimum atomic E-state index is 0.0448. The fourth-order valence-electron chi connectivity index (χ4n) is 2.48. The normalized spacial score (nSPS) is 12.9. The molecule has 1 aromatic carbocycles. The Balaban J connectivity index is 2.38. The molecule has 1 atom stereocenters. The number of hydrogen-bond donors (Lipinski definition) is 1. The van der Waals surface area contributed by atoms with Crippen LogP contribution in [0.2, 0.25) is 5.02 Å². The number of benzene rings is 1. The van der Waals surface area contributed by atoms with Gasteiger partial charge in [-0.2, -0.15) is 5.10 Å². The SMILES string of the molecule is CNC(c1ccccc1C)c1c(Cl)cnn1CCN(C)C. The first-order valence-corrected chi connectivity index (χ1v) is 7.51. The number of likely N-dealkylation sites (N-methyl/N-ethyl adjacent to an activating group) is 1. The van der Waals surface area contributed by atoms with E-state index in [1.54, 1.807) is 6.20 Å². The van der Waals surface area contributed by atoms with Crippen molar-refractivity contribution >= 4 is 11.6 Å². The molecule has 0 aliphatic carbocycles. The van der Waals surface area contributed by atoms with Crippen molar-refractivity contribution in [1.82, 2.24) is 20.0 Å². The molecule has 1 unspecified atom stereocenters. The van der Waals surface area contributed by atoms with Crippen LogP contribution in [0.1, 0.15) is 22.9 Å². The zero-order chi connectivity index (χ0) is 15.4. The molecular weight excluding hydrogens is 284 g/mol. The van der Waals surface area contributed by atoms with Crippen LogP contribution in [0.15, 0.2) is 30.5 Å². The van der Waals surface area contributed by atoms with Gasteiger partial charge >= 0.3 is 0 Å². The lowest BCUT2D eigenvalue weighted by Crippen LogP contribution is -2.25. The fourth-order valence-corrected chi connectivity index (χ4v) is 2.73. The van der Waals surface area contributed by atoms with Crippen LogP contribution < -0.4 is 5.32 Å². The van der Waals surface area contributed by atoms with Crippen molar-refractivity contribution in [2.45, 2.75) is 19.5 Å². The minimum absolute atomic E-state index is 0.0448. The highest BCUT2D eigenvalue weighted by atomic mass is 35.5. The monoisotopic (exact) mass is 306 g/mol. The average Bonchev–Trinajstić information content (AvgIpc) is 2.81. The number of rotatable bonds is 6. The van der Waals surface area contributed by atoms with Crippen LogP contribution in [0.3, 0.4) is 0 Å². The van der Waals surface area contributed by atoms with Crippen molar-refractivity contribution < 1.29 is 0 Å². The van der Waals surface area contributed by atoms with Crippen LogP contribution in [0.25, 0.3) is 0 Å². The van der Waals surface area contributed by atoms with Gasteiger partial charge in [-0.25, -0.2) is 0 Å². The maximum Gasteiger partial charge on any atom is 0.0837 e. The highest BCUT2D eigenvalue weighted by molar-refractivity contribution is 6.31. The van der Waals surface area contributed by atoms with Gasteiger partial charge in [0.1, 0.15) is 0 Å². The summed E-state index contributed by atoms with van der Waals surface area (Å²) in [6.07, 6.45) is 1.73. The Morgan fingerprint density at radius 3 is 2.67 bits per heavy atom. The molecular formula is C16H23ClN4. The third-order valence-electron chi connectivity index (χ3n) is 3.65. The molecule has 0 amide bonds. The third kappa shape index (κ3) is 3.64. The van der Waals surface area contributed by atoms with Crippen molar-refractivity contribution in [2.24, 2.45) is 0 Å². The van der Waals surface area contributed by atoms with Crippen LogP contribution >= 0.6 is 11.6 Å². The molecule has 1 N–H and O–H groups in total. The number of aryl methyl sites for hydroxylation is 1. The summed E-state index contributed by atoms with van der Waals surface area (Å²) < 4.78 is 2.00. The standard InChI is InChI=1S/C16H23ClN4/c1-12-7-5-6-8-13(12)15(18-2)16-14(17)11-19-21(16)10-9-20(3)4/h5-8,11,15,18H,9-10H2,1-4H3. The van der Waals surface area contributed by atoms with Gasteiger partial charge in [0.05, 0.1) is 29.5 Å². The van der Waals surface area contributed by atoms with Gasteiger partial charge in [-0.3, -0.25) is 4.68 Å². The second-order valence-corrected chi connectivity index (χ2v) is 5.89. The van der Waals surface area contributed by atoms with Gasteiger partial charge in [0.2, 0.25) is 0 Å². The van der Waals surface area contributed by atoms with E-state index in [0.717, 1.165) is 18.8 Å². The molecule has 4 nitrogen and oxygen atoms in total. The molecule has 1 heterocycles. The summed E-state index contributed by atoms with van der Waals surface area (Å²) in [4.78, 5) is 2.14. The summed E-state index contributed by atoms with van der Waals surface area (Å²) in [6, 6.07) is 8.41. The quantitative estimate of drug-likeness (QED) is 0.891. The van der Waals surface area contributed by atoms with Crippen molar-refractivity contribution in [3.05, 3.63) is 52.3 Å². The van der Waals surface area contributed by atoms with E-state index in [9.17, 15) is 0 Å². The lowest BCUT2D eigenvalue weighted by molar-refractivity contribution is 0.366. The van der Waals surface area contributed by atoms with E-state index in [4.69, 9.17) is 11.6 Å². The lowest BCUT2D eigenvalue weighted by Gasteiger charge is -2.21. The summed E-state index contributed by atoms with van der Waals surface area (Å²) in [6.45, 7) is 3.86. The fraction of sp³-hybridized carbons (Fsp3) is 0.438. The molecule has 2 aromatic rings. The zero-order valence-electron chi connectivity index (χ0n) is 13.1. The Hall–Kier alpha value is -1.36. The topological polar surface area (TPSA) is 33.1 Å². The molecule has 0 aliphatic rings. The Labute approximate surface area is 131 Å². The first kappa shape index (κ1) is 16.0. The van der Waals surface area contributed by atoms with E-state index >= 15 is 0 Å². The molecule has 5 heteroatoms. The van der Waals surface area contributed by atoms with E-state index in [1.807, 2.05) is 11.7 Å². The van der Waals surface area contributed by atoms with E-state index in [1.165, 1.54) is 11.1 Å². The summed E-state index contributed by atoms with van der Waals surface area (Å²) in [5, 5.41) is 8.51. The van der Waals surface area contributed by atoms with Crippen LogP contribution in [0.5, 0.6) is 0 Å². The number of nitrogens with one attached hydrogen (secondary N) is 1. The predicted octanol–water partition coefficient (Wildman–Crippen LogP) is 2.72. The van der Waals surface area contributed by atoms with E-state index in [2.05, 4.69) is 60.6 Å². The number of aromatic nitrogens is 2. The number of hydrogen-bond acceptors (Lipinski definition) is 3. The largest absolute Gasteiger partial charge is 0.308 e. The summed E-state index contributed by atoms with van der Waals surface area (Å²) >= 11 is 6.40. The molecule has 0 spiro atoms. The van der Waals surface area contributed by atoms with Gasteiger partial charge in [0.15, 0.2) is 0 Å². The number of halogens is 1. The van der Waals surface area contributed by atoms with Crippen molar-refractivity contribution in [3.63, 3.8) is 0 Å². The Morgan fingerprint density at radius 1 is 1.33 bits per heavy atom. The Kier molecular flexibility index (Phi) is 5.39. The van der Waals surface area contributed by atoms with Gasteiger partial charge in [0.25, 0.3) is 0 Å². The predicted molar refractivity (Wildman–Crippen MR) is 87.9 cm³/mol. The van der Waals surface area contributed by atoms with Crippen molar-refractivity contribution in [3.8, 4) is 0 Å². The molecule has 0 radical (unpaired) electrons. The maximum absolute atomic E-state index is 6.40. The van der Waals surface area contributed by atoms with Crippen LogP contribution in [-0.2, 0) is 6.54 Å². The highest BCUT2D eigenvalue weighted by Gasteiger charge is 2.21. The van der Waals surface area contributed by atoms with Crippen LogP contribution in [-0.4, -0.2) is 42.4 Å². The Bertz CT molecular complexity index is 592. The van der Waals surface area contributed by atoms with Gasteiger partial charge in [-0.1, -0.05) is 35.9 Å². The highest BCUT2D eigenvalue weighted by Crippen LogP contribution is 2.29. The molecule has 0 saturated carbocycles. The van der Waals surface area contributed by atoms with E-state index in [0.29, 0.717) is 5.02 Å². The molecule has 21 heavy (non-hydrogen) atoms. The molecule has 0 bridgehead atoms. The van der Waals surface area contributed by atoms with Gasteiger partial charge in [-0.15, -0.1) is 0 Å². The summed E-state index contributed by atoms with van der Waals surface area (Å²) in [7, 11) is 6.07. The van der Waals surface area contributed by atoms with Crippen molar-refractivity contribution in [2.75, 3.05) is 27.7 Å². The van der Waals surface area contributed by atoms with Crippen molar-refractivity contribution in [1.29, 1.82) is 0 Å². The van der Waals surface area contributed by atoms with Gasteiger partial charge < -0.3 is 10.2 Å². The molecule has 1 aromatic heterocycles. The minimum Gasteiger partial charge on any atom is -0.308 e. The first-order valence-electron chi connectivity index (χ1n) is 7.13. The number of nitrogens with zero attached hydrogens (tertiary/aromatic N) is 3. The molecule has 114 valence electrons. The first-order chi connectivity index (χ1) is 10.0. The van der Waals surface area contributed by atoms with Gasteiger partial charge in [0, 0.05) is 6.54 Å². The van der Waals surface area contributed by atoms with Crippen LogP contribution in [0.4, 0.5) is 0 Å². The second-order valence-electron chi connectivity index (χ2n) is 5.48. The molecule has 2 rings (SSSR count).